The first-order chi connectivity index (χ1) is 8.59. The number of nitrogens with zero attached hydrogens (tertiary/aromatic N) is 1. The maximum Gasteiger partial charge on any atom is 0.258 e. The SMILES string of the molecule is Nc1cnccc1NC(=O)c1cccc(F)c1F. The van der Waals surface area contributed by atoms with Gasteiger partial charge in [-0.2, -0.15) is 0 Å². The molecule has 0 aliphatic heterocycles. The highest BCUT2D eigenvalue weighted by Gasteiger charge is 2.15. The maximum atomic E-state index is 13.4. The van der Waals surface area contributed by atoms with Crippen LogP contribution >= 0.6 is 0 Å². The van der Waals surface area contributed by atoms with Crippen LogP contribution in [0.25, 0.3) is 0 Å². The molecule has 0 unspecified atom stereocenters. The van der Waals surface area contributed by atoms with Gasteiger partial charge in [0.05, 0.1) is 23.1 Å². The summed E-state index contributed by atoms with van der Waals surface area (Å²) in [7, 11) is 0. The molecule has 4 nitrogen and oxygen atoms in total. The normalized spacial score (nSPS) is 10.1. The second kappa shape index (κ2) is 4.79. The monoisotopic (exact) mass is 249 g/mol. The molecule has 92 valence electrons. The minimum Gasteiger partial charge on any atom is -0.396 e. The first kappa shape index (κ1) is 12.0. The fourth-order valence-electron chi connectivity index (χ4n) is 1.39. The van der Waals surface area contributed by atoms with Crippen molar-refractivity contribution in [3.05, 3.63) is 53.9 Å². The van der Waals surface area contributed by atoms with Gasteiger partial charge >= 0.3 is 0 Å². The van der Waals surface area contributed by atoms with Crippen molar-refractivity contribution in [1.82, 2.24) is 4.98 Å². The molecule has 1 heterocycles. The van der Waals surface area contributed by atoms with Gasteiger partial charge in [-0.25, -0.2) is 8.78 Å². The Morgan fingerprint density at radius 2 is 2.06 bits per heavy atom. The predicted octanol–water partition coefficient (Wildman–Crippen LogP) is 2.19. The predicted molar refractivity (Wildman–Crippen MR) is 63.0 cm³/mol. The molecule has 0 radical (unpaired) electrons. The summed E-state index contributed by atoms with van der Waals surface area (Å²) in [4.78, 5) is 15.5. The summed E-state index contributed by atoms with van der Waals surface area (Å²) in [6, 6.07) is 4.84. The van der Waals surface area contributed by atoms with E-state index in [-0.39, 0.29) is 11.3 Å². The van der Waals surface area contributed by atoms with Crippen LogP contribution in [0.15, 0.2) is 36.7 Å². The quantitative estimate of drug-likeness (QED) is 0.857. The Balaban J connectivity index is 2.28. The summed E-state index contributed by atoms with van der Waals surface area (Å²) in [5, 5.41) is 2.38. The summed E-state index contributed by atoms with van der Waals surface area (Å²) in [5.74, 6) is -3.04. The lowest BCUT2D eigenvalue weighted by molar-refractivity contribution is 0.102. The van der Waals surface area contributed by atoms with E-state index in [0.717, 1.165) is 6.07 Å². The zero-order valence-corrected chi connectivity index (χ0v) is 9.15. The molecule has 1 aromatic carbocycles. The molecule has 1 amide bonds. The smallest absolute Gasteiger partial charge is 0.258 e. The van der Waals surface area contributed by atoms with Gasteiger partial charge in [0.25, 0.3) is 5.91 Å². The van der Waals surface area contributed by atoms with Crippen LogP contribution < -0.4 is 11.1 Å². The molecule has 0 bridgehead atoms. The molecule has 18 heavy (non-hydrogen) atoms. The molecule has 0 saturated carbocycles. The van der Waals surface area contributed by atoms with E-state index in [1.807, 2.05) is 0 Å². The van der Waals surface area contributed by atoms with Crippen LogP contribution in [0.4, 0.5) is 20.2 Å². The third-order valence-electron chi connectivity index (χ3n) is 2.30. The lowest BCUT2D eigenvalue weighted by Crippen LogP contribution is -2.15. The Labute approximate surface area is 101 Å². The summed E-state index contributed by atoms with van der Waals surface area (Å²) in [6.45, 7) is 0. The number of rotatable bonds is 2. The Kier molecular flexibility index (Phi) is 3.18. The van der Waals surface area contributed by atoms with Crippen LogP contribution in [-0.2, 0) is 0 Å². The molecule has 0 atom stereocenters. The Hall–Kier alpha value is -2.50. The van der Waals surface area contributed by atoms with Gasteiger partial charge in [0.2, 0.25) is 0 Å². The molecule has 2 aromatic rings. The van der Waals surface area contributed by atoms with Crippen molar-refractivity contribution < 1.29 is 13.6 Å². The number of carbonyl (C=O) groups is 1. The van der Waals surface area contributed by atoms with Crippen LogP contribution in [-0.4, -0.2) is 10.9 Å². The Bertz CT molecular complexity index is 602. The van der Waals surface area contributed by atoms with Crippen molar-refractivity contribution in [3.8, 4) is 0 Å². The second-order valence-corrected chi connectivity index (χ2v) is 3.52. The molecule has 0 fully saturated rings. The number of carbonyl (C=O) groups excluding carboxylic acids is 1. The van der Waals surface area contributed by atoms with Gasteiger partial charge in [-0.3, -0.25) is 9.78 Å². The van der Waals surface area contributed by atoms with E-state index in [1.54, 1.807) is 0 Å². The molecular weight excluding hydrogens is 240 g/mol. The van der Waals surface area contributed by atoms with Crippen LogP contribution in [0.2, 0.25) is 0 Å². The van der Waals surface area contributed by atoms with Gasteiger partial charge in [-0.15, -0.1) is 0 Å². The van der Waals surface area contributed by atoms with E-state index < -0.39 is 17.5 Å². The van der Waals surface area contributed by atoms with Gasteiger partial charge in [-0.1, -0.05) is 6.07 Å². The highest BCUT2D eigenvalue weighted by Crippen LogP contribution is 2.18. The zero-order chi connectivity index (χ0) is 13.1. The number of aromatic nitrogens is 1. The number of halogens is 2. The summed E-state index contributed by atoms with van der Waals surface area (Å²) >= 11 is 0. The van der Waals surface area contributed by atoms with E-state index in [9.17, 15) is 13.6 Å². The van der Waals surface area contributed by atoms with Crippen molar-refractivity contribution >= 4 is 17.3 Å². The van der Waals surface area contributed by atoms with Gasteiger partial charge in [0.15, 0.2) is 11.6 Å². The summed E-state index contributed by atoms with van der Waals surface area (Å²) in [5.41, 5.74) is 5.72. The molecule has 6 heteroatoms. The average molecular weight is 249 g/mol. The third kappa shape index (κ3) is 2.27. The number of anilines is 2. The third-order valence-corrected chi connectivity index (χ3v) is 2.30. The minimum atomic E-state index is -1.19. The van der Waals surface area contributed by atoms with E-state index >= 15 is 0 Å². The van der Waals surface area contributed by atoms with Crippen LogP contribution in [0.5, 0.6) is 0 Å². The number of nitrogen functional groups attached to an aromatic ring is 1. The van der Waals surface area contributed by atoms with E-state index in [4.69, 9.17) is 5.73 Å². The topological polar surface area (TPSA) is 68.0 Å². The van der Waals surface area contributed by atoms with Gasteiger partial charge < -0.3 is 11.1 Å². The largest absolute Gasteiger partial charge is 0.396 e. The molecule has 0 spiro atoms. The number of amides is 1. The van der Waals surface area contributed by atoms with Crippen molar-refractivity contribution in [2.24, 2.45) is 0 Å². The summed E-state index contributed by atoms with van der Waals surface area (Å²) in [6.07, 6.45) is 2.77. The molecule has 0 aliphatic carbocycles. The summed E-state index contributed by atoms with van der Waals surface area (Å²) < 4.78 is 26.3. The minimum absolute atomic E-state index is 0.239. The lowest BCUT2D eigenvalue weighted by atomic mass is 10.2. The molecule has 3 N–H and O–H groups in total. The van der Waals surface area contributed by atoms with Crippen molar-refractivity contribution in [2.45, 2.75) is 0 Å². The molecule has 2 rings (SSSR count). The van der Waals surface area contributed by atoms with Crippen molar-refractivity contribution in [1.29, 1.82) is 0 Å². The first-order valence-electron chi connectivity index (χ1n) is 5.04. The fourth-order valence-corrected chi connectivity index (χ4v) is 1.39. The number of hydrogen-bond donors (Lipinski definition) is 2. The highest BCUT2D eigenvalue weighted by atomic mass is 19.2. The highest BCUT2D eigenvalue weighted by molar-refractivity contribution is 6.05. The number of hydrogen-bond acceptors (Lipinski definition) is 3. The van der Waals surface area contributed by atoms with Gasteiger partial charge in [0, 0.05) is 6.20 Å². The number of pyridine rings is 1. The van der Waals surface area contributed by atoms with Crippen LogP contribution in [0, 0.1) is 11.6 Å². The molecule has 0 saturated heterocycles. The van der Waals surface area contributed by atoms with Crippen molar-refractivity contribution in [2.75, 3.05) is 11.1 Å². The first-order valence-corrected chi connectivity index (χ1v) is 5.04. The zero-order valence-electron chi connectivity index (χ0n) is 9.15. The lowest BCUT2D eigenvalue weighted by Gasteiger charge is -2.08. The number of nitrogens with one attached hydrogen (secondary N) is 1. The van der Waals surface area contributed by atoms with Gasteiger partial charge in [0.1, 0.15) is 0 Å². The Morgan fingerprint density at radius 1 is 1.28 bits per heavy atom. The molecule has 1 aromatic heterocycles. The Morgan fingerprint density at radius 3 is 2.78 bits per heavy atom. The van der Waals surface area contributed by atoms with Crippen molar-refractivity contribution in [3.63, 3.8) is 0 Å². The van der Waals surface area contributed by atoms with Crippen LogP contribution in [0.3, 0.4) is 0 Å². The molecular formula is C12H9F2N3O. The average Bonchev–Trinajstić information content (AvgIpc) is 2.35. The van der Waals surface area contributed by atoms with E-state index in [2.05, 4.69) is 10.3 Å². The number of benzene rings is 1. The maximum absolute atomic E-state index is 13.4. The number of nitrogens with two attached hydrogens (primary N) is 1. The van der Waals surface area contributed by atoms with E-state index in [1.165, 1.54) is 30.6 Å². The fraction of sp³-hybridized carbons (Fsp3) is 0. The standard InChI is InChI=1S/C12H9F2N3O/c13-8-3-1-2-7(11(8)14)12(18)17-10-4-5-16-6-9(10)15/h1-6H,15H2,(H,16,17,18). The van der Waals surface area contributed by atoms with Gasteiger partial charge in [-0.05, 0) is 18.2 Å². The van der Waals surface area contributed by atoms with E-state index in [0.29, 0.717) is 5.69 Å². The molecule has 0 aliphatic rings. The second-order valence-electron chi connectivity index (χ2n) is 3.52. The van der Waals surface area contributed by atoms with Crippen LogP contribution in [0.1, 0.15) is 10.4 Å².